The predicted molar refractivity (Wildman–Crippen MR) is 94.7 cm³/mol. The number of nitrogens with one attached hydrogen (secondary N) is 1. The summed E-state index contributed by atoms with van der Waals surface area (Å²) in [6.07, 6.45) is 1.12. The van der Waals surface area contributed by atoms with Crippen LogP contribution in [0.4, 0.5) is 11.4 Å². The number of anilines is 2. The van der Waals surface area contributed by atoms with Gasteiger partial charge in [0, 0.05) is 12.1 Å². The van der Waals surface area contributed by atoms with E-state index in [4.69, 9.17) is 10.5 Å². The van der Waals surface area contributed by atoms with Crippen LogP contribution in [0.25, 0.3) is 0 Å². The number of carbonyl (C=O) groups is 1. The minimum atomic E-state index is -0.0380. The van der Waals surface area contributed by atoms with E-state index >= 15 is 0 Å². The Balaban J connectivity index is 1.96. The summed E-state index contributed by atoms with van der Waals surface area (Å²) < 4.78 is 5.71. The maximum atomic E-state index is 12.2. The van der Waals surface area contributed by atoms with Gasteiger partial charge in [0.25, 0.3) is 0 Å². The summed E-state index contributed by atoms with van der Waals surface area (Å²) in [6.45, 7) is 5.89. The number of ether oxygens (including phenoxy) is 1. The Morgan fingerprint density at radius 3 is 2.65 bits per heavy atom. The third-order valence-electron chi connectivity index (χ3n) is 3.51. The van der Waals surface area contributed by atoms with E-state index in [1.807, 2.05) is 63.2 Å². The Bertz CT molecular complexity index is 681. The first-order chi connectivity index (χ1) is 11.0. The number of nitrogens with two attached hydrogens (primary N) is 1. The van der Waals surface area contributed by atoms with E-state index in [1.54, 1.807) is 0 Å². The van der Waals surface area contributed by atoms with Crippen molar-refractivity contribution in [3.63, 3.8) is 0 Å². The first kappa shape index (κ1) is 16.9. The lowest BCUT2D eigenvalue weighted by molar-refractivity contribution is -0.116. The summed E-state index contributed by atoms with van der Waals surface area (Å²) in [7, 11) is 0. The number of benzene rings is 2. The van der Waals surface area contributed by atoms with E-state index in [-0.39, 0.29) is 12.0 Å². The topological polar surface area (TPSA) is 64.3 Å². The van der Waals surface area contributed by atoms with Gasteiger partial charge in [-0.1, -0.05) is 24.3 Å². The van der Waals surface area contributed by atoms with Gasteiger partial charge in [0.15, 0.2) is 0 Å². The molecule has 23 heavy (non-hydrogen) atoms. The summed E-state index contributed by atoms with van der Waals surface area (Å²) in [6, 6.07) is 13.4. The third-order valence-corrected chi connectivity index (χ3v) is 3.51. The minimum absolute atomic E-state index is 0.0380. The Hall–Kier alpha value is -2.49. The summed E-state index contributed by atoms with van der Waals surface area (Å²) in [5.74, 6) is 0.652. The molecule has 0 spiro atoms. The van der Waals surface area contributed by atoms with Crippen LogP contribution in [0.2, 0.25) is 0 Å². The summed E-state index contributed by atoms with van der Waals surface area (Å²) in [5, 5.41) is 2.92. The first-order valence-corrected chi connectivity index (χ1v) is 7.86. The van der Waals surface area contributed by atoms with Gasteiger partial charge < -0.3 is 15.8 Å². The van der Waals surface area contributed by atoms with Crippen molar-refractivity contribution in [1.82, 2.24) is 0 Å². The quantitative estimate of drug-likeness (QED) is 0.794. The van der Waals surface area contributed by atoms with Crippen LogP contribution in [0, 0.1) is 6.92 Å². The fourth-order valence-electron chi connectivity index (χ4n) is 2.24. The Labute approximate surface area is 137 Å². The normalized spacial score (nSPS) is 10.6. The zero-order chi connectivity index (χ0) is 16.8. The van der Waals surface area contributed by atoms with E-state index in [9.17, 15) is 4.79 Å². The molecule has 2 aromatic rings. The van der Waals surface area contributed by atoms with Gasteiger partial charge in [0.05, 0.1) is 11.8 Å². The van der Waals surface area contributed by atoms with Crippen molar-refractivity contribution < 1.29 is 9.53 Å². The molecule has 4 heteroatoms. The largest absolute Gasteiger partial charge is 0.489 e. The molecule has 122 valence electrons. The predicted octanol–water partition coefficient (Wildman–Crippen LogP) is 3.94. The van der Waals surface area contributed by atoms with Gasteiger partial charge >= 0.3 is 0 Å². The second kappa shape index (κ2) is 7.68. The molecule has 0 heterocycles. The molecule has 0 aliphatic carbocycles. The average Bonchev–Trinajstić information content (AvgIpc) is 2.50. The van der Waals surface area contributed by atoms with Crippen molar-refractivity contribution in [1.29, 1.82) is 0 Å². The van der Waals surface area contributed by atoms with Gasteiger partial charge in [0.2, 0.25) is 5.91 Å². The maximum absolute atomic E-state index is 12.2. The van der Waals surface area contributed by atoms with Crippen molar-refractivity contribution in [2.24, 2.45) is 0 Å². The van der Waals surface area contributed by atoms with Crippen LogP contribution < -0.4 is 15.8 Å². The maximum Gasteiger partial charge on any atom is 0.224 e. The molecule has 3 N–H and O–H groups in total. The molecule has 0 radical (unpaired) electrons. The van der Waals surface area contributed by atoms with Gasteiger partial charge in [-0.15, -0.1) is 0 Å². The standard InChI is InChI=1S/C19H24N2O2/c1-13(2)23-18-7-5-4-6-17(18)21-19(22)11-10-15-9-8-14(3)16(20)12-15/h4-9,12-13H,10-11,20H2,1-3H3,(H,21,22). The molecular weight excluding hydrogens is 288 g/mol. The van der Waals surface area contributed by atoms with Crippen LogP contribution in [-0.4, -0.2) is 12.0 Å². The second-order valence-electron chi connectivity index (χ2n) is 5.90. The highest BCUT2D eigenvalue weighted by atomic mass is 16.5. The van der Waals surface area contributed by atoms with Crippen molar-refractivity contribution >= 4 is 17.3 Å². The zero-order valence-corrected chi connectivity index (χ0v) is 13.9. The van der Waals surface area contributed by atoms with Gasteiger partial charge in [0.1, 0.15) is 5.75 Å². The number of nitrogen functional groups attached to an aromatic ring is 1. The molecular formula is C19H24N2O2. The number of carbonyl (C=O) groups excluding carboxylic acids is 1. The number of para-hydroxylation sites is 2. The van der Waals surface area contributed by atoms with Crippen LogP contribution in [0.1, 0.15) is 31.4 Å². The molecule has 4 nitrogen and oxygen atoms in total. The lowest BCUT2D eigenvalue weighted by Crippen LogP contribution is -2.14. The monoisotopic (exact) mass is 312 g/mol. The van der Waals surface area contributed by atoms with Gasteiger partial charge in [-0.25, -0.2) is 0 Å². The molecule has 2 aromatic carbocycles. The number of rotatable bonds is 6. The van der Waals surface area contributed by atoms with E-state index in [0.717, 1.165) is 16.8 Å². The van der Waals surface area contributed by atoms with Crippen LogP contribution in [0.3, 0.4) is 0 Å². The third kappa shape index (κ3) is 5.02. The van der Waals surface area contributed by atoms with Gasteiger partial charge in [-0.3, -0.25) is 4.79 Å². The summed E-state index contributed by atoms with van der Waals surface area (Å²) >= 11 is 0. The SMILES string of the molecule is Cc1ccc(CCC(=O)Nc2ccccc2OC(C)C)cc1N. The lowest BCUT2D eigenvalue weighted by Gasteiger charge is -2.14. The molecule has 0 aliphatic heterocycles. The number of hydrogen-bond acceptors (Lipinski definition) is 3. The average molecular weight is 312 g/mol. The molecule has 2 rings (SSSR count). The molecule has 0 unspecified atom stereocenters. The highest BCUT2D eigenvalue weighted by Gasteiger charge is 2.09. The van der Waals surface area contributed by atoms with Crippen LogP contribution in [0.15, 0.2) is 42.5 Å². The second-order valence-corrected chi connectivity index (χ2v) is 5.90. The zero-order valence-electron chi connectivity index (χ0n) is 13.9. The smallest absolute Gasteiger partial charge is 0.224 e. The summed E-state index contributed by atoms with van der Waals surface area (Å²) in [5.41, 5.74) is 9.48. The van der Waals surface area contributed by atoms with Crippen LogP contribution >= 0.6 is 0 Å². The number of hydrogen-bond donors (Lipinski definition) is 2. The molecule has 0 aromatic heterocycles. The van der Waals surface area contributed by atoms with Crippen molar-refractivity contribution in [2.45, 2.75) is 39.7 Å². The molecule has 0 saturated carbocycles. The Morgan fingerprint density at radius 2 is 1.96 bits per heavy atom. The van der Waals surface area contributed by atoms with Crippen molar-refractivity contribution in [3.05, 3.63) is 53.6 Å². The first-order valence-electron chi connectivity index (χ1n) is 7.86. The van der Waals surface area contributed by atoms with Gasteiger partial charge in [-0.05, 0) is 56.5 Å². The van der Waals surface area contributed by atoms with Crippen molar-refractivity contribution in [2.75, 3.05) is 11.1 Å². The molecule has 0 atom stereocenters. The minimum Gasteiger partial charge on any atom is -0.489 e. The van der Waals surface area contributed by atoms with E-state index < -0.39 is 0 Å². The number of aryl methyl sites for hydroxylation is 2. The molecule has 0 saturated heterocycles. The molecule has 0 aliphatic rings. The van der Waals surface area contributed by atoms with Crippen LogP contribution in [-0.2, 0) is 11.2 Å². The Morgan fingerprint density at radius 1 is 1.22 bits per heavy atom. The number of amides is 1. The highest BCUT2D eigenvalue weighted by molar-refractivity contribution is 5.92. The fraction of sp³-hybridized carbons (Fsp3) is 0.316. The fourth-order valence-corrected chi connectivity index (χ4v) is 2.24. The van der Waals surface area contributed by atoms with E-state index in [1.165, 1.54) is 0 Å². The van der Waals surface area contributed by atoms with Crippen LogP contribution in [0.5, 0.6) is 5.75 Å². The van der Waals surface area contributed by atoms with Crippen molar-refractivity contribution in [3.8, 4) is 5.75 Å². The van der Waals surface area contributed by atoms with Gasteiger partial charge in [-0.2, -0.15) is 0 Å². The molecule has 1 amide bonds. The lowest BCUT2D eigenvalue weighted by atomic mass is 10.1. The highest BCUT2D eigenvalue weighted by Crippen LogP contribution is 2.25. The molecule has 0 fully saturated rings. The molecule has 0 bridgehead atoms. The Kier molecular flexibility index (Phi) is 5.63. The van der Waals surface area contributed by atoms with E-state index in [2.05, 4.69) is 5.32 Å². The summed E-state index contributed by atoms with van der Waals surface area (Å²) in [4.78, 5) is 12.2. The van der Waals surface area contributed by atoms with E-state index in [0.29, 0.717) is 24.3 Å².